The van der Waals surface area contributed by atoms with Gasteiger partial charge in [0.15, 0.2) is 0 Å². The van der Waals surface area contributed by atoms with E-state index in [1.165, 1.54) is 11.1 Å². The van der Waals surface area contributed by atoms with Crippen LogP contribution in [0.3, 0.4) is 0 Å². The molecule has 0 amide bonds. The van der Waals surface area contributed by atoms with Gasteiger partial charge in [-0.25, -0.2) is 0 Å². The molecule has 0 aliphatic carbocycles. The van der Waals surface area contributed by atoms with E-state index in [0.717, 1.165) is 38.4 Å². The molecule has 1 aromatic rings. The van der Waals surface area contributed by atoms with Crippen LogP contribution >= 0.6 is 0 Å². The minimum atomic E-state index is 0.275. The average molecular weight is 294 g/mol. The second kappa shape index (κ2) is 9.77. The fraction of sp³-hybridized carbons (Fsp3) is 0.647. The fourth-order valence-corrected chi connectivity index (χ4v) is 2.53. The van der Waals surface area contributed by atoms with Crippen LogP contribution in [0.1, 0.15) is 30.5 Å². The largest absolute Gasteiger partial charge is 0.496 e. The van der Waals surface area contributed by atoms with Gasteiger partial charge >= 0.3 is 0 Å². The fourth-order valence-electron chi connectivity index (χ4n) is 2.53. The Morgan fingerprint density at radius 1 is 1.29 bits per heavy atom. The molecule has 0 bridgehead atoms. The van der Waals surface area contributed by atoms with Crippen LogP contribution in [-0.4, -0.2) is 52.4 Å². The molecule has 0 saturated heterocycles. The molecule has 0 aromatic heterocycles. The number of hydrogen-bond acceptors (Lipinski definition) is 4. The third kappa shape index (κ3) is 6.04. The predicted octanol–water partition coefficient (Wildman–Crippen LogP) is 2.62. The smallest absolute Gasteiger partial charge is 0.123 e. The molecule has 1 N–H and O–H groups in total. The molecule has 4 heteroatoms. The van der Waals surface area contributed by atoms with E-state index in [2.05, 4.69) is 49.3 Å². The normalized spacial score (nSPS) is 12.7. The first-order valence-electron chi connectivity index (χ1n) is 7.67. The van der Waals surface area contributed by atoms with Crippen molar-refractivity contribution in [3.05, 3.63) is 29.3 Å². The summed E-state index contributed by atoms with van der Waals surface area (Å²) in [4.78, 5) is 2.34. The van der Waals surface area contributed by atoms with Crippen LogP contribution in [0, 0.1) is 6.92 Å². The van der Waals surface area contributed by atoms with Crippen molar-refractivity contribution in [2.75, 3.05) is 47.5 Å². The van der Waals surface area contributed by atoms with Gasteiger partial charge in [-0.1, -0.05) is 24.6 Å². The van der Waals surface area contributed by atoms with Gasteiger partial charge in [-0.15, -0.1) is 0 Å². The first-order chi connectivity index (χ1) is 10.1. The maximum atomic E-state index is 5.53. The van der Waals surface area contributed by atoms with Crippen LogP contribution in [0.2, 0.25) is 0 Å². The second-order valence-electron chi connectivity index (χ2n) is 5.46. The number of nitrogens with one attached hydrogen (secondary N) is 1. The van der Waals surface area contributed by atoms with Crippen molar-refractivity contribution in [2.45, 2.75) is 26.3 Å². The van der Waals surface area contributed by atoms with Crippen LogP contribution in [-0.2, 0) is 4.74 Å². The Balaban J connectivity index is 2.78. The molecule has 1 unspecified atom stereocenters. The summed E-state index contributed by atoms with van der Waals surface area (Å²) in [5, 5.41) is 3.57. The molecule has 1 aromatic carbocycles. The Bertz CT molecular complexity index is 410. The van der Waals surface area contributed by atoms with Crippen LogP contribution in [0.25, 0.3) is 0 Å². The summed E-state index contributed by atoms with van der Waals surface area (Å²) in [6, 6.07) is 6.64. The van der Waals surface area contributed by atoms with Crippen molar-refractivity contribution in [1.29, 1.82) is 0 Å². The van der Waals surface area contributed by atoms with Crippen molar-refractivity contribution in [2.24, 2.45) is 0 Å². The molecule has 0 spiro atoms. The zero-order valence-corrected chi connectivity index (χ0v) is 14.1. The first kappa shape index (κ1) is 18.0. The lowest BCUT2D eigenvalue weighted by molar-refractivity contribution is 0.176. The van der Waals surface area contributed by atoms with E-state index in [-0.39, 0.29) is 6.04 Å². The lowest BCUT2D eigenvalue weighted by Crippen LogP contribution is -2.34. The zero-order chi connectivity index (χ0) is 15.7. The van der Waals surface area contributed by atoms with Gasteiger partial charge in [0.2, 0.25) is 0 Å². The van der Waals surface area contributed by atoms with E-state index in [4.69, 9.17) is 9.47 Å². The number of aryl methyl sites for hydroxylation is 1. The minimum Gasteiger partial charge on any atom is -0.496 e. The van der Waals surface area contributed by atoms with Crippen LogP contribution in [0.5, 0.6) is 5.75 Å². The van der Waals surface area contributed by atoms with Crippen molar-refractivity contribution in [1.82, 2.24) is 10.2 Å². The molecule has 120 valence electrons. The van der Waals surface area contributed by atoms with Crippen LogP contribution < -0.4 is 10.1 Å². The number of rotatable bonds is 10. The summed E-state index contributed by atoms with van der Waals surface area (Å²) >= 11 is 0. The molecule has 0 radical (unpaired) electrons. The first-order valence-corrected chi connectivity index (χ1v) is 7.67. The van der Waals surface area contributed by atoms with Crippen molar-refractivity contribution < 1.29 is 9.47 Å². The highest BCUT2D eigenvalue weighted by molar-refractivity contribution is 5.39. The number of hydrogen-bond donors (Lipinski definition) is 1. The van der Waals surface area contributed by atoms with E-state index < -0.39 is 0 Å². The molecule has 1 atom stereocenters. The Labute approximate surface area is 129 Å². The summed E-state index contributed by atoms with van der Waals surface area (Å²) in [7, 11) is 5.64. The minimum absolute atomic E-state index is 0.275. The Morgan fingerprint density at radius 2 is 2.05 bits per heavy atom. The highest BCUT2D eigenvalue weighted by Crippen LogP contribution is 2.26. The maximum absolute atomic E-state index is 5.53. The molecule has 0 aliphatic heterocycles. The average Bonchev–Trinajstić information content (AvgIpc) is 2.47. The van der Waals surface area contributed by atoms with Crippen molar-refractivity contribution >= 4 is 0 Å². The van der Waals surface area contributed by atoms with Crippen molar-refractivity contribution in [3.63, 3.8) is 0 Å². The van der Waals surface area contributed by atoms with Gasteiger partial charge in [0.1, 0.15) is 5.75 Å². The molecule has 21 heavy (non-hydrogen) atoms. The van der Waals surface area contributed by atoms with Gasteiger partial charge < -0.3 is 19.7 Å². The molecule has 4 nitrogen and oxygen atoms in total. The number of methoxy groups -OCH3 is 2. The monoisotopic (exact) mass is 294 g/mol. The van der Waals surface area contributed by atoms with E-state index in [1.807, 2.05) is 0 Å². The van der Waals surface area contributed by atoms with Gasteiger partial charge in [0, 0.05) is 38.4 Å². The molecular formula is C17H30N2O2. The van der Waals surface area contributed by atoms with Crippen LogP contribution in [0.15, 0.2) is 18.2 Å². The summed E-state index contributed by atoms with van der Waals surface area (Å²) in [6.07, 6.45) is 1.05. The Morgan fingerprint density at radius 3 is 2.67 bits per heavy atom. The third-order valence-corrected chi connectivity index (χ3v) is 3.59. The molecule has 0 saturated carbocycles. The third-order valence-electron chi connectivity index (χ3n) is 3.59. The van der Waals surface area contributed by atoms with E-state index in [9.17, 15) is 0 Å². The number of ether oxygens (including phenoxy) is 2. The van der Waals surface area contributed by atoms with Gasteiger partial charge in [0.05, 0.1) is 7.11 Å². The summed E-state index contributed by atoms with van der Waals surface area (Å²) in [6.45, 7) is 7.99. The van der Waals surface area contributed by atoms with Gasteiger partial charge in [0.25, 0.3) is 0 Å². The lowest BCUT2D eigenvalue weighted by Gasteiger charge is -2.26. The van der Waals surface area contributed by atoms with Crippen LogP contribution in [0.4, 0.5) is 0 Å². The highest BCUT2D eigenvalue weighted by atomic mass is 16.5. The van der Waals surface area contributed by atoms with E-state index in [1.54, 1.807) is 14.2 Å². The Hall–Kier alpha value is -1.10. The lowest BCUT2D eigenvalue weighted by atomic mass is 10.0. The van der Waals surface area contributed by atoms with Gasteiger partial charge in [-0.3, -0.25) is 0 Å². The second-order valence-corrected chi connectivity index (χ2v) is 5.46. The summed E-state index contributed by atoms with van der Waals surface area (Å²) < 4.78 is 10.6. The number of benzene rings is 1. The van der Waals surface area contributed by atoms with Gasteiger partial charge in [-0.2, -0.15) is 0 Å². The molecule has 0 heterocycles. The van der Waals surface area contributed by atoms with E-state index >= 15 is 0 Å². The Kier molecular flexibility index (Phi) is 8.35. The van der Waals surface area contributed by atoms with Crippen molar-refractivity contribution in [3.8, 4) is 5.75 Å². The van der Waals surface area contributed by atoms with Gasteiger partial charge in [-0.05, 0) is 33.0 Å². The molecular weight excluding hydrogens is 264 g/mol. The number of nitrogens with zero attached hydrogens (tertiary/aromatic N) is 1. The summed E-state index contributed by atoms with van der Waals surface area (Å²) in [5.41, 5.74) is 2.49. The predicted molar refractivity (Wildman–Crippen MR) is 88.1 cm³/mol. The molecule has 1 rings (SSSR count). The standard InChI is InChI=1S/C17H30N2O2/c1-6-18-16(13-19(3)10-7-11-20-4)15-12-14(2)8-9-17(15)21-5/h8-9,12,16,18H,6-7,10-11,13H2,1-5H3. The maximum Gasteiger partial charge on any atom is 0.123 e. The highest BCUT2D eigenvalue weighted by Gasteiger charge is 2.17. The molecule has 0 fully saturated rings. The quantitative estimate of drug-likeness (QED) is 0.673. The molecule has 0 aliphatic rings. The SMILES string of the molecule is CCNC(CN(C)CCCOC)c1cc(C)ccc1OC. The number of likely N-dealkylation sites (N-methyl/N-ethyl adjacent to an activating group) is 2. The summed E-state index contributed by atoms with van der Waals surface area (Å²) in [5.74, 6) is 0.955. The topological polar surface area (TPSA) is 33.7 Å². The zero-order valence-electron chi connectivity index (χ0n) is 14.1. The van der Waals surface area contributed by atoms with E-state index in [0.29, 0.717) is 0 Å².